The Balaban J connectivity index is 1.21. The molecule has 0 N–H and O–H groups in total. The van der Waals surface area contributed by atoms with Crippen LogP contribution >= 0.6 is 0 Å². The van der Waals surface area contributed by atoms with E-state index >= 15 is 0 Å². The zero-order valence-electron chi connectivity index (χ0n) is 17.8. The molecule has 0 aliphatic carbocycles. The number of anilines is 1. The second-order valence-electron chi connectivity index (χ2n) is 8.71. The minimum absolute atomic E-state index is 0.189. The number of hydrogen-bond donors (Lipinski definition) is 0. The molecule has 8 heteroatoms. The molecule has 5 heterocycles. The van der Waals surface area contributed by atoms with Gasteiger partial charge in [0.25, 0.3) is 0 Å². The van der Waals surface area contributed by atoms with Crippen molar-refractivity contribution in [2.24, 2.45) is 0 Å². The number of likely N-dealkylation sites (tertiary alicyclic amines) is 1. The fraction of sp³-hybridized carbons (Fsp3) is 0.682. The molecule has 0 spiro atoms. The standard InChI is InChI=1S/C22H32N6O2/c1-17-14-28(20-2-5-24-22-21(20)23-6-7-25-22)16-19(30-17)15-26-8-3-18(4-9-26)27-10-12-29-13-11-27/h2,5-7,17-19H,3-4,8-16H2,1H3/t17-,19+/m1/s1. The van der Waals surface area contributed by atoms with Crippen molar-refractivity contribution in [3.05, 3.63) is 24.7 Å². The summed E-state index contributed by atoms with van der Waals surface area (Å²) in [5, 5.41) is 0. The van der Waals surface area contributed by atoms with Gasteiger partial charge in [-0.15, -0.1) is 0 Å². The van der Waals surface area contributed by atoms with Crippen LogP contribution < -0.4 is 4.90 Å². The van der Waals surface area contributed by atoms with E-state index in [9.17, 15) is 0 Å². The maximum absolute atomic E-state index is 6.33. The van der Waals surface area contributed by atoms with Crippen LogP contribution in [0.4, 0.5) is 5.69 Å². The van der Waals surface area contributed by atoms with Crippen molar-refractivity contribution in [2.75, 3.05) is 63.9 Å². The number of fused-ring (bicyclic) bond motifs is 1. The summed E-state index contributed by atoms with van der Waals surface area (Å²) >= 11 is 0. The molecule has 0 radical (unpaired) electrons. The Morgan fingerprint density at radius 3 is 2.57 bits per heavy atom. The number of hydrogen-bond acceptors (Lipinski definition) is 8. The largest absolute Gasteiger partial charge is 0.379 e. The van der Waals surface area contributed by atoms with E-state index in [0.29, 0.717) is 5.65 Å². The van der Waals surface area contributed by atoms with Crippen molar-refractivity contribution in [3.8, 4) is 0 Å². The second-order valence-corrected chi connectivity index (χ2v) is 8.71. The Bertz CT molecular complexity index is 832. The summed E-state index contributed by atoms with van der Waals surface area (Å²) in [6.07, 6.45) is 8.16. The molecule has 3 aliphatic rings. The van der Waals surface area contributed by atoms with Crippen molar-refractivity contribution in [2.45, 2.75) is 38.0 Å². The third kappa shape index (κ3) is 4.42. The van der Waals surface area contributed by atoms with Gasteiger partial charge in [-0.2, -0.15) is 0 Å². The molecule has 0 amide bonds. The van der Waals surface area contributed by atoms with Crippen LogP contribution in [0.2, 0.25) is 0 Å². The van der Waals surface area contributed by atoms with Crippen molar-refractivity contribution < 1.29 is 9.47 Å². The lowest BCUT2D eigenvalue weighted by atomic mass is 10.0. The number of nitrogens with zero attached hydrogens (tertiary/aromatic N) is 6. The Labute approximate surface area is 178 Å². The summed E-state index contributed by atoms with van der Waals surface area (Å²) in [6, 6.07) is 2.77. The summed E-state index contributed by atoms with van der Waals surface area (Å²) in [5.74, 6) is 0. The van der Waals surface area contributed by atoms with Gasteiger partial charge in [-0.25, -0.2) is 15.0 Å². The summed E-state index contributed by atoms with van der Waals surface area (Å²) in [6.45, 7) is 11.2. The van der Waals surface area contributed by atoms with Gasteiger partial charge < -0.3 is 19.3 Å². The van der Waals surface area contributed by atoms with Gasteiger partial charge >= 0.3 is 0 Å². The summed E-state index contributed by atoms with van der Waals surface area (Å²) in [5.41, 5.74) is 2.69. The first-order chi connectivity index (χ1) is 14.8. The van der Waals surface area contributed by atoms with E-state index in [1.807, 2.05) is 6.20 Å². The van der Waals surface area contributed by atoms with Gasteiger partial charge in [0.15, 0.2) is 5.65 Å². The van der Waals surface area contributed by atoms with Crippen LogP contribution in [-0.4, -0.2) is 102 Å². The number of morpholine rings is 2. The fourth-order valence-corrected chi connectivity index (χ4v) is 5.16. The average molecular weight is 413 g/mol. The van der Waals surface area contributed by atoms with Crippen LogP contribution in [0.1, 0.15) is 19.8 Å². The SMILES string of the molecule is C[C@@H]1CN(c2ccnc3nccnc23)C[C@H](CN2CCC(N3CCOCC3)CC2)O1. The predicted octanol–water partition coefficient (Wildman–Crippen LogP) is 1.42. The number of ether oxygens (including phenoxy) is 2. The maximum atomic E-state index is 6.33. The summed E-state index contributed by atoms with van der Waals surface area (Å²) < 4.78 is 11.8. The Kier molecular flexibility index (Phi) is 6.08. The molecule has 30 heavy (non-hydrogen) atoms. The zero-order chi connectivity index (χ0) is 20.3. The number of pyridine rings is 1. The zero-order valence-corrected chi connectivity index (χ0v) is 17.8. The fourth-order valence-electron chi connectivity index (χ4n) is 5.16. The van der Waals surface area contributed by atoms with Crippen LogP contribution in [0.5, 0.6) is 0 Å². The molecule has 162 valence electrons. The van der Waals surface area contributed by atoms with Crippen molar-refractivity contribution in [1.82, 2.24) is 24.8 Å². The molecule has 0 unspecified atom stereocenters. The van der Waals surface area contributed by atoms with Gasteiger partial charge in [0.05, 0.1) is 31.1 Å². The first-order valence-electron chi connectivity index (χ1n) is 11.3. The molecule has 0 saturated carbocycles. The first-order valence-corrected chi connectivity index (χ1v) is 11.3. The lowest BCUT2D eigenvalue weighted by Gasteiger charge is -2.43. The molecule has 0 bridgehead atoms. The molecule has 2 aromatic rings. The second kappa shape index (κ2) is 9.09. The summed E-state index contributed by atoms with van der Waals surface area (Å²) in [4.78, 5) is 20.9. The Morgan fingerprint density at radius 2 is 1.73 bits per heavy atom. The lowest BCUT2D eigenvalue weighted by molar-refractivity contribution is -0.0418. The Hall–Kier alpha value is -1.87. The highest BCUT2D eigenvalue weighted by Gasteiger charge is 2.31. The van der Waals surface area contributed by atoms with E-state index in [2.05, 4.69) is 42.6 Å². The molecule has 2 aromatic heterocycles. The highest BCUT2D eigenvalue weighted by atomic mass is 16.5. The lowest BCUT2D eigenvalue weighted by Crippen LogP contribution is -2.53. The van der Waals surface area contributed by atoms with E-state index < -0.39 is 0 Å². The molecular formula is C22H32N6O2. The molecule has 8 nitrogen and oxygen atoms in total. The number of piperidine rings is 1. The van der Waals surface area contributed by atoms with E-state index in [4.69, 9.17) is 9.47 Å². The van der Waals surface area contributed by atoms with Gasteiger partial charge in [-0.05, 0) is 38.9 Å². The van der Waals surface area contributed by atoms with Crippen molar-refractivity contribution in [3.63, 3.8) is 0 Å². The molecule has 2 atom stereocenters. The van der Waals surface area contributed by atoms with Gasteiger partial charge in [-0.1, -0.05) is 0 Å². The van der Waals surface area contributed by atoms with E-state index in [-0.39, 0.29) is 12.2 Å². The molecule has 5 rings (SSSR count). The van der Waals surface area contributed by atoms with Crippen LogP contribution in [0, 0.1) is 0 Å². The topological polar surface area (TPSA) is 66.9 Å². The van der Waals surface area contributed by atoms with Crippen molar-refractivity contribution >= 4 is 16.9 Å². The minimum atomic E-state index is 0.189. The monoisotopic (exact) mass is 412 g/mol. The van der Waals surface area contributed by atoms with Gasteiger partial charge in [-0.3, -0.25) is 4.90 Å². The van der Waals surface area contributed by atoms with Gasteiger partial charge in [0, 0.05) is 57.4 Å². The third-order valence-electron chi connectivity index (χ3n) is 6.60. The van der Waals surface area contributed by atoms with Gasteiger partial charge in [0.2, 0.25) is 0 Å². The number of rotatable bonds is 4. The predicted molar refractivity (Wildman–Crippen MR) is 116 cm³/mol. The Morgan fingerprint density at radius 1 is 0.967 bits per heavy atom. The average Bonchev–Trinajstić information content (AvgIpc) is 2.79. The highest BCUT2D eigenvalue weighted by molar-refractivity contribution is 5.85. The van der Waals surface area contributed by atoms with Crippen LogP contribution in [-0.2, 0) is 9.47 Å². The third-order valence-corrected chi connectivity index (χ3v) is 6.60. The van der Waals surface area contributed by atoms with Crippen LogP contribution in [0.3, 0.4) is 0 Å². The number of aromatic nitrogens is 3. The molecule has 3 saturated heterocycles. The van der Waals surface area contributed by atoms with Crippen LogP contribution in [0.15, 0.2) is 24.7 Å². The maximum Gasteiger partial charge on any atom is 0.180 e. The first kappa shape index (κ1) is 20.1. The minimum Gasteiger partial charge on any atom is -0.379 e. The summed E-state index contributed by atoms with van der Waals surface area (Å²) in [7, 11) is 0. The van der Waals surface area contributed by atoms with Crippen molar-refractivity contribution in [1.29, 1.82) is 0 Å². The van der Waals surface area contributed by atoms with E-state index in [1.165, 1.54) is 12.8 Å². The molecular weight excluding hydrogens is 380 g/mol. The molecule has 0 aromatic carbocycles. The van der Waals surface area contributed by atoms with E-state index in [1.54, 1.807) is 12.4 Å². The normalized spacial score (nSPS) is 27.6. The highest BCUT2D eigenvalue weighted by Crippen LogP contribution is 2.26. The molecule has 3 fully saturated rings. The molecule has 3 aliphatic heterocycles. The van der Waals surface area contributed by atoms with E-state index in [0.717, 1.165) is 76.3 Å². The smallest absolute Gasteiger partial charge is 0.180 e. The van der Waals surface area contributed by atoms with Gasteiger partial charge in [0.1, 0.15) is 5.52 Å². The van der Waals surface area contributed by atoms with Crippen LogP contribution in [0.25, 0.3) is 11.2 Å². The quantitative estimate of drug-likeness (QED) is 0.747.